The van der Waals surface area contributed by atoms with Crippen molar-refractivity contribution < 1.29 is 0 Å². The summed E-state index contributed by atoms with van der Waals surface area (Å²) in [4.78, 5) is 2.80. The average Bonchev–Trinajstić information content (AvgIpc) is 2.91. The van der Waals surface area contributed by atoms with Gasteiger partial charge in [-0.15, -0.1) is 0 Å². The fourth-order valence-electron chi connectivity index (χ4n) is 3.81. The fourth-order valence-corrected chi connectivity index (χ4v) is 3.81. The monoisotopic (exact) mass is 298 g/mol. The third kappa shape index (κ3) is 4.21. The molecule has 0 amide bonds. The van der Waals surface area contributed by atoms with Gasteiger partial charge in [-0.1, -0.05) is 48.4 Å². The van der Waals surface area contributed by atoms with Gasteiger partial charge in [-0.3, -0.25) is 4.90 Å². The molecule has 0 unspecified atom stereocenters. The quantitative estimate of drug-likeness (QED) is 0.763. The van der Waals surface area contributed by atoms with Gasteiger partial charge in [0, 0.05) is 18.6 Å². The molecule has 1 saturated carbocycles. The van der Waals surface area contributed by atoms with Gasteiger partial charge in [-0.05, 0) is 57.7 Å². The summed E-state index contributed by atoms with van der Waals surface area (Å²) in [6.45, 7) is 5.72. The van der Waals surface area contributed by atoms with Crippen LogP contribution in [0.1, 0.15) is 51.0 Å². The molecular formula is C20H30N2. The molecule has 3 rings (SSSR count). The van der Waals surface area contributed by atoms with Crippen molar-refractivity contribution >= 4 is 6.08 Å². The lowest BCUT2D eigenvalue weighted by molar-refractivity contribution is 0.110. The minimum absolute atomic E-state index is 0.844. The van der Waals surface area contributed by atoms with Gasteiger partial charge in [0.15, 0.2) is 0 Å². The molecule has 0 spiro atoms. The molecule has 1 aromatic carbocycles. The summed E-state index contributed by atoms with van der Waals surface area (Å²) in [7, 11) is 0. The predicted octanol–water partition coefficient (Wildman–Crippen LogP) is 4.09. The zero-order chi connectivity index (χ0) is 15.2. The largest absolute Gasteiger partial charge is 0.313 e. The first-order chi connectivity index (χ1) is 10.8. The van der Waals surface area contributed by atoms with E-state index in [4.69, 9.17) is 0 Å². The van der Waals surface area contributed by atoms with E-state index >= 15 is 0 Å². The van der Waals surface area contributed by atoms with E-state index in [0.29, 0.717) is 0 Å². The summed E-state index contributed by atoms with van der Waals surface area (Å²) in [5.74, 6) is 0. The number of nitrogens with zero attached hydrogens (tertiary/aromatic N) is 1. The normalized spacial score (nSPS) is 23.7. The second-order valence-corrected chi connectivity index (χ2v) is 6.99. The summed E-state index contributed by atoms with van der Waals surface area (Å²) in [6, 6.07) is 12.4. The predicted molar refractivity (Wildman–Crippen MR) is 94.9 cm³/mol. The molecule has 1 saturated heterocycles. The third-order valence-corrected chi connectivity index (χ3v) is 5.24. The zero-order valence-corrected chi connectivity index (χ0v) is 13.9. The number of nitrogens with one attached hydrogen (secondary N) is 1. The highest BCUT2D eigenvalue weighted by Crippen LogP contribution is 2.32. The van der Waals surface area contributed by atoms with Crippen molar-refractivity contribution in [2.45, 2.75) is 57.5 Å². The van der Waals surface area contributed by atoms with Crippen molar-refractivity contribution in [3.05, 3.63) is 41.5 Å². The Hall–Kier alpha value is -1.12. The van der Waals surface area contributed by atoms with Gasteiger partial charge in [0.05, 0.1) is 0 Å². The van der Waals surface area contributed by atoms with Crippen molar-refractivity contribution in [1.82, 2.24) is 10.2 Å². The van der Waals surface area contributed by atoms with E-state index in [1.165, 1.54) is 56.2 Å². The zero-order valence-electron chi connectivity index (χ0n) is 13.9. The van der Waals surface area contributed by atoms with E-state index in [1.54, 1.807) is 0 Å². The summed E-state index contributed by atoms with van der Waals surface area (Å²) >= 11 is 0. The Bertz CT molecular complexity index is 476. The van der Waals surface area contributed by atoms with Crippen LogP contribution >= 0.6 is 0 Å². The molecular weight excluding hydrogens is 268 g/mol. The van der Waals surface area contributed by atoms with Crippen molar-refractivity contribution in [2.75, 3.05) is 19.6 Å². The van der Waals surface area contributed by atoms with Crippen LogP contribution in [-0.2, 0) is 0 Å². The van der Waals surface area contributed by atoms with Crippen LogP contribution in [-0.4, -0.2) is 36.6 Å². The molecule has 1 heterocycles. The molecule has 0 bridgehead atoms. The van der Waals surface area contributed by atoms with Crippen LogP contribution in [0.25, 0.3) is 6.08 Å². The average molecular weight is 298 g/mol. The van der Waals surface area contributed by atoms with Gasteiger partial charge in [-0.2, -0.15) is 0 Å². The first kappa shape index (κ1) is 15.8. The molecule has 1 atom stereocenters. The summed E-state index contributed by atoms with van der Waals surface area (Å²) in [5.41, 5.74) is 2.71. The number of benzene rings is 1. The molecule has 1 aromatic rings. The third-order valence-electron chi connectivity index (χ3n) is 5.24. The Kier molecular flexibility index (Phi) is 5.69. The number of hydrogen-bond donors (Lipinski definition) is 1. The maximum atomic E-state index is 3.63. The van der Waals surface area contributed by atoms with Gasteiger partial charge in [0.1, 0.15) is 0 Å². The van der Waals surface area contributed by atoms with E-state index < -0.39 is 0 Å². The minimum atomic E-state index is 0.844. The molecule has 2 nitrogen and oxygen atoms in total. The van der Waals surface area contributed by atoms with Crippen LogP contribution in [0.2, 0.25) is 0 Å². The van der Waals surface area contributed by atoms with Gasteiger partial charge in [-0.25, -0.2) is 0 Å². The Morgan fingerprint density at radius 2 is 2.00 bits per heavy atom. The second-order valence-electron chi connectivity index (χ2n) is 6.99. The van der Waals surface area contributed by atoms with E-state index in [1.807, 2.05) is 0 Å². The SMILES string of the molecule is C/C(=C\c1ccccc1)CNCC[C@@H]1CCCN1C1CCC1. The Balaban J connectivity index is 1.37. The number of likely N-dealkylation sites (tertiary alicyclic amines) is 1. The minimum Gasteiger partial charge on any atom is -0.313 e. The Morgan fingerprint density at radius 3 is 2.73 bits per heavy atom. The molecule has 1 aliphatic heterocycles. The van der Waals surface area contributed by atoms with Gasteiger partial charge in [0.2, 0.25) is 0 Å². The fraction of sp³-hybridized carbons (Fsp3) is 0.600. The number of rotatable bonds is 7. The second kappa shape index (κ2) is 7.94. The molecule has 2 heteroatoms. The van der Waals surface area contributed by atoms with Crippen molar-refractivity contribution in [2.24, 2.45) is 0 Å². The van der Waals surface area contributed by atoms with E-state index in [2.05, 4.69) is 53.5 Å². The van der Waals surface area contributed by atoms with Crippen LogP contribution in [0.5, 0.6) is 0 Å². The van der Waals surface area contributed by atoms with Crippen molar-refractivity contribution in [1.29, 1.82) is 0 Å². The highest BCUT2D eigenvalue weighted by molar-refractivity contribution is 5.52. The molecule has 120 valence electrons. The maximum Gasteiger partial charge on any atom is 0.0165 e. The van der Waals surface area contributed by atoms with Crippen LogP contribution in [0.3, 0.4) is 0 Å². The standard InChI is InChI=1S/C20H30N2/c1-17(15-18-7-3-2-4-8-18)16-21-13-12-20-11-6-14-22(20)19-9-5-10-19/h2-4,7-8,15,19-21H,5-6,9-14,16H2,1H3/b17-15+/t20-/m0/s1. The van der Waals surface area contributed by atoms with E-state index in [0.717, 1.165) is 25.2 Å². The van der Waals surface area contributed by atoms with Gasteiger partial charge in [0.25, 0.3) is 0 Å². The van der Waals surface area contributed by atoms with Crippen LogP contribution in [0.4, 0.5) is 0 Å². The summed E-state index contributed by atoms with van der Waals surface area (Å²) < 4.78 is 0. The highest BCUT2D eigenvalue weighted by Gasteiger charge is 2.33. The lowest BCUT2D eigenvalue weighted by atomic mass is 9.90. The lowest BCUT2D eigenvalue weighted by Crippen LogP contribution is -2.44. The van der Waals surface area contributed by atoms with E-state index in [9.17, 15) is 0 Å². The molecule has 1 N–H and O–H groups in total. The first-order valence-electron chi connectivity index (χ1n) is 9.01. The first-order valence-corrected chi connectivity index (χ1v) is 9.01. The Labute approximate surface area is 135 Å². The van der Waals surface area contributed by atoms with Crippen LogP contribution < -0.4 is 5.32 Å². The topological polar surface area (TPSA) is 15.3 Å². The molecule has 0 radical (unpaired) electrons. The maximum absolute atomic E-state index is 3.63. The molecule has 2 fully saturated rings. The van der Waals surface area contributed by atoms with Crippen LogP contribution in [0, 0.1) is 0 Å². The Morgan fingerprint density at radius 1 is 1.18 bits per heavy atom. The van der Waals surface area contributed by atoms with Gasteiger partial charge < -0.3 is 5.32 Å². The van der Waals surface area contributed by atoms with Gasteiger partial charge >= 0.3 is 0 Å². The molecule has 2 aliphatic rings. The lowest BCUT2D eigenvalue weighted by Gasteiger charge is -2.38. The molecule has 1 aliphatic carbocycles. The molecule has 0 aromatic heterocycles. The number of hydrogen-bond acceptors (Lipinski definition) is 2. The molecule has 22 heavy (non-hydrogen) atoms. The van der Waals surface area contributed by atoms with E-state index in [-0.39, 0.29) is 0 Å². The van der Waals surface area contributed by atoms with Crippen molar-refractivity contribution in [3.63, 3.8) is 0 Å². The van der Waals surface area contributed by atoms with Crippen LogP contribution in [0.15, 0.2) is 35.9 Å². The van der Waals surface area contributed by atoms with Crippen molar-refractivity contribution in [3.8, 4) is 0 Å². The smallest absolute Gasteiger partial charge is 0.0165 e. The highest BCUT2D eigenvalue weighted by atomic mass is 15.2. The summed E-state index contributed by atoms with van der Waals surface area (Å²) in [5, 5.41) is 3.63. The summed E-state index contributed by atoms with van der Waals surface area (Å²) in [6.07, 6.45) is 10.8.